The van der Waals surface area contributed by atoms with Crippen LogP contribution >= 0.6 is 0 Å². The zero-order valence-corrected chi connectivity index (χ0v) is 11.5. The van der Waals surface area contributed by atoms with E-state index >= 15 is 0 Å². The first-order valence-corrected chi connectivity index (χ1v) is 6.35. The maximum atomic E-state index is 10.0. The molecule has 0 saturated carbocycles. The maximum Gasteiger partial charge on any atom is 0.129 e. The summed E-state index contributed by atoms with van der Waals surface area (Å²) >= 11 is 0. The molecule has 2 heteroatoms. The van der Waals surface area contributed by atoms with Crippen molar-refractivity contribution in [3.63, 3.8) is 0 Å². The lowest BCUT2D eigenvalue weighted by Gasteiger charge is -2.03. The first-order chi connectivity index (χ1) is 8.01. The summed E-state index contributed by atoms with van der Waals surface area (Å²) in [6, 6.07) is 6.12. The number of ketones is 1. The van der Waals surface area contributed by atoms with E-state index in [0.717, 1.165) is 24.9 Å². The van der Waals surface area contributed by atoms with Crippen LogP contribution in [-0.4, -0.2) is 5.78 Å². The van der Waals surface area contributed by atoms with E-state index in [0.29, 0.717) is 0 Å². The van der Waals surface area contributed by atoms with E-state index in [1.807, 2.05) is 19.1 Å². The standard InChI is InChI=1S/C10H15N.C5H10O/c1-3-4-9-5-6-10(11)7-8(9)2;1-3-4-5(2)6/h5-7H,3-4,11H2,1-2H3;3-4H2,1-2H3. The largest absolute Gasteiger partial charge is 0.399 e. The molecule has 96 valence electrons. The summed E-state index contributed by atoms with van der Waals surface area (Å²) < 4.78 is 0. The molecule has 1 aromatic rings. The number of carbonyl (C=O) groups excluding carboxylic acids is 1. The second-order valence-corrected chi connectivity index (χ2v) is 4.39. The number of anilines is 1. The molecule has 0 saturated heterocycles. The van der Waals surface area contributed by atoms with Gasteiger partial charge in [0.15, 0.2) is 0 Å². The van der Waals surface area contributed by atoms with E-state index < -0.39 is 0 Å². The molecule has 0 aliphatic heterocycles. The number of Topliss-reactive ketones (excluding diaryl/α,β-unsaturated/α-hetero) is 1. The predicted molar refractivity (Wildman–Crippen MR) is 75.2 cm³/mol. The number of hydrogen-bond donors (Lipinski definition) is 1. The number of nitrogen functional groups attached to an aromatic ring is 1. The Balaban J connectivity index is 0.000000366. The van der Waals surface area contributed by atoms with E-state index in [1.165, 1.54) is 17.5 Å². The van der Waals surface area contributed by atoms with Gasteiger partial charge in [-0.2, -0.15) is 0 Å². The summed E-state index contributed by atoms with van der Waals surface area (Å²) in [7, 11) is 0. The Bertz CT molecular complexity index is 345. The molecule has 0 amide bonds. The molecule has 0 unspecified atom stereocenters. The molecule has 2 nitrogen and oxygen atoms in total. The highest BCUT2D eigenvalue weighted by Crippen LogP contribution is 2.13. The van der Waals surface area contributed by atoms with Crippen molar-refractivity contribution in [3.8, 4) is 0 Å². The summed E-state index contributed by atoms with van der Waals surface area (Å²) in [6.07, 6.45) is 4.08. The highest BCUT2D eigenvalue weighted by Gasteiger charge is 1.95. The van der Waals surface area contributed by atoms with E-state index in [4.69, 9.17) is 5.73 Å². The number of benzene rings is 1. The van der Waals surface area contributed by atoms with Crippen LogP contribution in [0.25, 0.3) is 0 Å². The van der Waals surface area contributed by atoms with Crippen LogP contribution in [0.4, 0.5) is 5.69 Å². The SMILES string of the molecule is CCCC(C)=O.CCCc1ccc(N)cc1C. The molecule has 0 aromatic heterocycles. The molecular weight excluding hydrogens is 210 g/mol. The van der Waals surface area contributed by atoms with Crippen molar-refractivity contribution in [2.45, 2.75) is 53.4 Å². The Kier molecular flexibility index (Phi) is 8.12. The molecule has 0 atom stereocenters. The average molecular weight is 235 g/mol. The Morgan fingerprint density at radius 2 is 1.88 bits per heavy atom. The average Bonchev–Trinajstić information content (AvgIpc) is 2.23. The van der Waals surface area contributed by atoms with Gasteiger partial charge in [-0.3, -0.25) is 0 Å². The molecule has 0 radical (unpaired) electrons. The fourth-order valence-corrected chi connectivity index (χ4v) is 1.62. The van der Waals surface area contributed by atoms with Crippen LogP contribution in [-0.2, 0) is 11.2 Å². The fourth-order valence-electron chi connectivity index (χ4n) is 1.62. The number of hydrogen-bond acceptors (Lipinski definition) is 2. The van der Waals surface area contributed by atoms with Crippen molar-refractivity contribution in [1.29, 1.82) is 0 Å². The third-order valence-corrected chi connectivity index (χ3v) is 2.49. The lowest BCUT2D eigenvalue weighted by Crippen LogP contribution is -1.91. The zero-order valence-electron chi connectivity index (χ0n) is 11.5. The topological polar surface area (TPSA) is 43.1 Å². The Morgan fingerprint density at radius 3 is 2.24 bits per heavy atom. The van der Waals surface area contributed by atoms with Gasteiger partial charge in [0.05, 0.1) is 0 Å². The molecule has 1 aromatic carbocycles. The zero-order chi connectivity index (χ0) is 13.3. The summed E-state index contributed by atoms with van der Waals surface area (Å²) in [4.78, 5) is 10.0. The predicted octanol–water partition coefficient (Wildman–Crippen LogP) is 3.91. The van der Waals surface area contributed by atoms with Gasteiger partial charge in [-0.15, -0.1) is 0 Å². The van der Waals surface area contributed by atoms with E-state index in [2.05, 4.69) is 19.9 Å². The van der Waals surface area contributed by atoms with Gasteiger partial charge in [-0.25, -0.2) is 0 Å². The van der Waals surface area contributed by atoms with Crippen molar-refractivity contribution in [3.05, 3.63) is 29.3 Å². The Labute approximate surface area is 105 Å². The number of aryl methyl sites for hydroxylation is 2. The van der Waals surface area contributed by atoms with Crippen molar-refractivity contribution < 1.29 is 4.79 Å². The van der Waals surface area contributed by atoms with E-state index in [9.17, 15) is 4.79 Å². The Morgan fingerprint density at radius 1 is 1.24 bits per heavy atom. The highest BCUT2D eigenvalue weighted by molar-refractivity contribution is 5.75. The first kappa shape index (κ1) is 15.7. The summed E-state index contributed by atoms with van der Waals surface area (Å²) in [5.74, 6) is 0.289. The summed E-state index contributed by atoms with van der Waals surface area (Å²) in [5, 5.41) is 0. The van der Waals surface area contributed by atoms with Crippen molar-refractivity contribution in [1.82, 2.24) is 0 Å². The lowest BCUT2D eigenvalue weighted by atomic mass is 10.0. The third kappa shape index (κ3) is 7.56. The monoisotopic (exact) mass is 235 g/mol. The van der Waals surface area contributed by atoms with Crippen molar-refractivity contribution in [2.24, 2.45) is 0 Å². The molecule has 0 bridgehead atoms. The number of rotatable bonds is 4. The van der Waals surface area contributed by atoms with Crippen LogP contribution in [0.5, 0.6) is 0 Å². The molecule has 0 heterocycles. The van der Waals surface area contributed by atoms with Crippen LogP contribution < -0.4 is 5.73 Å². The molecular formula is C15H25NO. The van der Waals surface area contributed by atoms with Gasteiger partial charge in [0, 0.05) is 12.1 Å². The molecule has 2 N–H and O–H groups in total. The quantitative estimate of drug-likeness (QED) is 0.804. The van der Waals surface area contributed by atoms with Crippen LogP contribution in [0.15, 0.2) is 18.2 Å². The van der Waals surface area contributed by atoms with E-state index in [-0.39, 0.29) is 5.78 Å². The van der Waals surface area contributed by atoms with Gasteiger partial charge in [0.1, 0.15) is 5.78 Å². The minimum Gasteiger partial charge on any atom is -0.399 e. The highest BCUT2D eigenvalue weighted by atomic mass is 16.1. The van der Waals surface area contributed by atoms with Crippen LogP contribution in [0.1, 0.15) is 51.2 Å². The second kappa shape index (κ2) is 8.80. The molecule has 1 rings (SSSR count). The number of nitrogens with two attached hydrogens (primary N) is 1. The smallest absolute Gasteiger partial charge is 0.129 e. The normalized spacial score (nSPS) is 9.41. The minimum atomic E-state index is 0.289. The Hall–Kier alpha value is -1.31. The van der Waals surface area contributed by atoms with Gasteiger partial charge >= 0.3 is 0 Å². The molecule has 0 spiro atoms. The van der Waals surface area contributed by atoms with Gasteiger partial charge in [-0.1, -0.05) is 26.3 Å². The minimum absolute atomic E-state index is 0.289. The number of carbonyl (C=O) groups is 1. The van der Waals surface area contributed by atoms with Crippen LogP contribution in [0.3, 0.4) is 0 Å². The van der Waals surface area contributed by atoms with Gasteiger partial charge in [-0.05, 0) is 49.9 Å². The third-order valence-electron chi connectivity index (χ3n) is 2.49. The summed E-state index contributed by atoms with van der Waals surface area (Å²) in [5.41, 5.74) is 9.22. The second-order valence-electron chi connectivity index (χ2n) is 4.39. The molecule has 17 heavy (non-hydrogen) atoms. The van der Waals surface area contributed by atoms with Gasteiger partial charge in [0.2, 0.25) is 0 Å². The van der Waals surface area contributed by atoms with Gasteiger partial charge < -0.3 is 10.5 Å². The maximum absolute atomic E-state index is 10.0. The lowest BCUT2D eigenvalue weighted by molar-refractivity contribution is -0.117. The molecule has 0 aliphatic rings. The van der Waals surface area contributed by atoms with Crippen LogP contribution in [0, 0.1) is 6.92 Å². The van der Waals surface area contributed by atoms with Gasteiger partial charge in [0.25, 0.3) is 0 Å². The fraction of sp³-hybridized carbons (Fsp3) is 0.533. The molecule has 0 fully saturated rings. The molecule has 0 aliphatic carbocycles. The van der Waals surface area contributed by atoms with E-state index in [1.54, 1.807) is 6.92 Å². The van der Waals surface area contributed by atoms with Crippen molar-refractivity contribution in [2.75, 3.05) is 5.73 Å². The van der Waals surface area contributed by atoms with Crippen LogP contribution in [0.2, 0.25) is 0 Å². The first-order valence-electron chi connectivity index (χ1n) is 6.35. The van der Waals surface area contributed by atoms with Crippen molar-refractivity contribution >= 4 is 11.5 Å². The summed E-state index contributed by atoms with van der Waals surface area (Å²) in [6.45, 7) is 7.92.